The number of hydrogen-bond donors (Lipinski definition) is 0. The van der Waals surface area contributed by atoms with E-state index in [1.165, 1.54) is 14.0 Å². The van der Waals surface area contributed by atoms with Crippen molar-refractivity contribution < 1.29 is 23.9 Å². The molecule has 0 saturated heterocycles. The smallest absolute Gasteiger partial charge is 0.312 e. The summed E-state index contributed by atoms with van der Waals surface area (Å²) in [6.07, 6.45) is 0.417. The summed E-state index contributed by atoms with van der Waals surface area (Å²) in [7, 11) is 1.29. The first-order valence-corrected chi connectivity index (χ1v) is 5.59. The molecule has 0 saturated carbocycles. The number of ether oxygens (including phenoxy) is 2. The third kappa shape index (κ3) is 5.47. The lowest BCUT2D eigenvalue weighted by molar-refractivity contribution is -0.157. The Kier molecular flexibility index (Phi) is 6.46. The number of methoxy groups -OCH3 is 1. The molecule has 17 heavy (non-hydrogen) atoms. The molecule has 0 aliphatic heterocycles. The number of hydrogen-bond acceptors (Lipinski definition) is 5. The van der Waals surface area contributed by atoms with Gasteiger partial charge >= 0.3 is 11.9 Å². The molecule has 0 amide bonds. The zero-order valence-electron chi connectivity index (χ0n) is 10.9. The largest absolute Gasteiger partial charge is 0.469 e. The Morgan fingerprint density at radius 1 is 1.24 bits per heavy atom. The van der Waals surface area contributed by atoms with Crippen LogP contribution >= 0.6 is 0 Å². The van der Waals surface area contributed by atoms with Crippen LogP contribution < -0.4 is 0 Å². The summed E-state index contributed by atoms with van der Waals surface area (Å²) in [6, 6.07) is 0. The van der Waals surface area contributed by atoms with E-state index in [1.807, 2.05) is 0 Å². The summed E-state index contributed by atoms with van der Waals surface area (Å²) in [5.41, 5.74) is -0.948. The third-order valence-electron chi connectivity index (χ3n) is 2.52. The normalized spacial score (nSPS) is 13.6. The minimum Gasteiger partial charge on any atom is -0.469 e. The highest BCUT2D eigenvalue weighted by Gasteiger charge is 2.36. The lowest BCUT2D eigenvalue weighted by Crippen LogP contribution is -2.32. The van der Waals surface area contributed by atoms with Crippen molar-refractivity contribution in [3.63, 3.8) is 0 Å². The zero-order valence-corrected chi connectivity index (χ0v) is 10.9. The van der Waals surface area contributed by atoms with Crippen molar-refractivity contribution in [2.24, 2.45) is 5.41 Å². The van der Waals surface area contributed by atoms with E-state index in [0.717, 1.165) is 0 Å². The van der Waals surface area contributed by atoms with Gasteiger partial charge in [0.05, 0.1) is 19.1 Å². The fraction of sp³-hybridized carbons (Fsp3) is 0.750. The number of Topliss-reactive ketones (excluding diaryl/α,β-unsaturated/α-hetero) is 1. The average molecular weight is 244 g/mol. The second-order valence-electron chi connectivity index (χ2n) is 4.24. The number of carbonyl (C=O) groups excluding carboxylic acids is 3. The van der Waals surface area contributed by atoms with Crippen molar-refractivity contribution in [2.45, 2.75) is 40.0 Å². The molecule has 0 radical (unpaired) electrons. The van der Waals surface area contributed by atoms with Gasteiger partial charge in [0.1, 0.15) is 5.78 Å². The summed E-state index contributed by atoms with van der Waals surface area (Å²) in [6.45, 7) is 5.00. The second kappa shape index (κ2) is 7.04. The van der Waals surface area contributed by atoms with Gasteiger partial charge in [-0.1, -0.05) is 0 Å². The van der Waals surface area contributed by atoms with E-state index in [9.17, 15) is 14.4 Å². The topological polar surface area (TPSA) is 69.7 Å². The van der Waals surface area contributed by atoms with Crippen molar-refractivity contribution >= 4 is 17.7 Å². The molecule has 98 valence electrons. The van der Waals surface area contributed by atoms with Gasteiger partial charge in [0, 0.05) is 12.8 Å². The summed E-state index contributed by atoms with van der Waals surface area (Å²) >= 11 is 0. The van der Waals surface area contributed by atoms with E-state index >= 15 is 0 Å². The summed E-state index contributed by atoms with van der Waals surface area (Å²) in [4.78, 5) is 34.0. The molecule has 1 unspecified atom stereocenters. The monoisotopic (exact) mass is 244 g/mol. The van der Waals surface area contributed by atoms with E-state index in [0.29, 0.717) is 0 Å². The standard InChI is InChI=1S/C12H20O5/c1-5-17-11(15)12(3,8-9(2)13)7-6-10(14)16-4/h5-8H2,1-4H3. The molecule has 0 rings (SSSR count). The molecule has 0 aromatic heterocycles. The fourth-order valence-electron chi connectivity index (χ4n) is 1.60. The van der Waals surface area contributed by atoms with Crippen LogP contribution in [0.25, 0.3) is 0 Å². The minimum atomic E-state index is -0.948. The van der Waals surface area contributed by atoms with Gasteiger partial charge in [-0.3, -0.25) is 14.4 Å². The predicted molar refractivity (Wildman–Crippen MR) is 61.3 cm³/mol. The predicted octanol–water partition coefficient (Wildman–Crippen LogP) is 1.49. The van der Waals surface area contributed by atoms with E-state index < -0.39 is 17.4 Å². The van der Waals surface area contributed by atoms with Crippen molar-refractivity contribution in [3.05, 3.63) is 0 Å². The van der Waals surface area contributed by atoms with Crippen LogP contribution in [0.4, 0.5) is 0 Å². The molecule has 0 heterocycles. The van der Waals surface area contributed by atoms with Gasteiger partial charge in [0.2, 0.25) is 0 Å². The van der Waals surface area contributed by atoms with Crippen LogP contribution in [-0.4, -0.2) is 31.4 Å². The minimum absolute atomic E-state index is 0.0722. The Morgan fingerprint density at radius 3 is 2.24 bits per heavy atom. The van der Waals surface area contributed by atoms with Crippen LogP contribution in [0.15, 0.2) is 0 Å². The maximum atomic E-state index is 11.8. The highest BCUT2D eigenvalue weighted by atomic mass is 16.5. The van der Waals surface area contributed by atoms with Crippen molar-refractivity contribution in [2.75, 3.05) is 13.7 Å². The molecule has 0 aromatic rings. The van der Waals surface area contributed by atoms with Crippen LogP contribution in [0, 0.1) is 5.41 Å². The molecule has 1 atom stereocenters. The molecular weight excluding hydrogens is 224 g/mol. The van der Waals surface area contributed by atoms with Gasteiger partial charge in [-0.15, -0.1) is 0 Å². The van der Waals surface area contributed by atoms with Crippen LogP contribution in [0.3, 0.4) is 0 Å². The van der Waals surface area contributed by atoms with Crippen LogP contribution in [-0.2, 0) is 23.9 Å². The maximum Gasteiger partial charge on any atom is 0.312 e. The van der Waals surface area contributed by atoms with E-state index in [1.54, 1.807) is 13.8 Å². The Balaban J connectivity index is 4.65. The molecule has 0 aliphatic rings. The number of rotatable bonds is 7. The SMILES string of the molecule is CCOC(=O)C(C)(CCC(=O)OC)CC(C)=O. The summed E-state index contributed by atoms with van der Waals surface area (Å²) < 4.78 is 9.44. The Bertz CT molecular complexity index is 297. The average Bonchev–Trinajstić information content (AvgIpc) is 2.25. The van der Waals surface area contributed by atoms with Crippen LogP contribution in [0.2, 0.25) is 0 Å². The quantitative estimate of drug-likeness (QED) is 0.634. The number of carbonyl (C=O) groups is 3. The summed E-state index contributed by atoms with van der Waals surface area (Å²) in [5.74, 6) is -0.950. The Morgan fingerprint density at radius 2 is 1.82 bits per heavy atom. The molecule has 0 aliphatic carbocycles. The first kappa shape index (κ1) is 15.6. The van der Waals surface area contributed by atoms with Crippen LogP contribution in [0.5, 0.6) is 0 Å². The molecule has 0 aromatic carbocycles. The molecule has 5 heteroatoms. The van der Waals surface area contributed by atoms with Crippen molar-refractivity contribution in [1.29, 1.82) is 0 Å². The number of esters is 2. The zero-order chi connectivity index (χ0) is 13.5. The highest BCUT2D eigenvalue weighted by Crippen LogP contribution is 2.30. The number of ketones is 1. The van der Waals surface area contributed by atoms with Crippen LogP contribution in [0.1, 0.15) is 40.0 Å². The Labute approximate surface area is 101 Å². The van der Waals surface area contributed by atoms with Gasteiger partial charge in [-0.05, 0) is 27.2 Å². The fourth-order valence-corrected chi connectivity index (χ4v) is 1.60. The first-order chi connectivity index (χ1) is 7.85. The Hall–Kier alpha value is -1.39. The van der Waals surface area contributed by atoms with E-state index in [-0.39, 0.29) is 31.7 Å². The van der Waals surface area contributed by atoms with E-state index in [2.05, 4.69) is 4.74 Å². The van der Waals surface area contributed by atoms with Gasteiger partial charge in [-0.2, -0.15) is 0 Å². The lowest BCUT2D eigenvalue weighted by Gasteiger charge is -2.25. The molecule has 0 N–H and O–H groups in total. The van der Waals surface area contributed by atoms with Gasteiger partial charge in [-0.25, -0.2) is 0 Å². The molecule has 0 spiro atoms. The van der Waals surface area contributed by atoms with Crippen molar-refractivity contribution in [3.8, 4) is 0 Å². The van der Waals surface area contributed by atoms with Crippen molar-refractivity contribution in [1.82, 2.24) is 0 Å². The first-order valence-electron chi connectivity index (χ1n) is 5.59. The van der Waals surface area contributed by atoms with Gasteiger partial charge in [0.25, 0.3) is 0 Å². The van der Waals surface area contributed by atoms with Gasteiger partial charge in [0.15, 0.2) is 0 Å². The maximum absolute atomic E-state index is 11.8. The van der Waals surface area contributed by atoms with E-state index in [4.69, 9.17) is 4.74 Å². The molecule has 0 fully saturated rings. The third-order valence-corrected chi connectivity index (χ3v) is 2.52. The molecule has 0 bridgehead atoms. The second-order valence-corrected chi connectivity index (χ2v) is 4.24. The molecule has 5 nitrogen and oxygen atoms in total. The molecular formula is C12H20O5. The highest BCUT2D eigenvalue weighted by molar-refractivity contribution is 5.86. The van der Waals surface area contributed by atoms with Gasteiger partial charge < -0.3 is 9.47 Å². The lowest BCUT2D eigenvalue weighted by atomic mass is 9.81. The summed E-state index contributed by atoms with van der Waals surface area (Å²) in [5, 5.41) is 0.